The van der Waals surface area contributed by atoms with E-state index in [0.29, 0.717) is 13.0 Å². The quantitative estimate of drug-likeness (QED) is 0.700. The number of hydrogen-bond acceptors (Lipinski definition) is 3. The molecule has 1 rings (SSSR count). The van der Waals surface area contributed by atoms with Crippen LogP contribution in [0, 0.1) is 16.7 Å². The zero-order valence-corrected chi connectivity index (χ0v) is 9.05. The molecule has 0 saturated heterocycles. The van der Waals surface area contributed by atoms with E-state index in [1.807, 2.05) is 0 Å². The van der Waals surface area contributed by atoms with Crippen molar-refractivity contribution in [3.63, 3.8) is 0 Å². The van der Waals surface area contributed by atoms with E-state index in [0.717, 1.165) is 19.3 Å². The van der Waals surface area contributed by atoms with Crippen LogP contribution in [0.1, 0.15) is 39.5 Å². The Bertz CT molecular complexity index is 232. The fraction of sp³-hybridized carbons (Fsp3) is 0.909. The molecular formula is C11H19NO2. The highest BCUT2D eigenvalue weighted by Gasteiger charge is 2.50. The van der Waals surface area contributed by atoms with E-state index in [-0.39, 0.29) is 12.0 Å². The molecule has 1 N–H and O–H groups in total. The second-order valence-corrected chi connectivity index (χ2v) is 4.60. The summed E-state index contributed by atoms with van der Waals surface area (Å²) in [7, 11) is 0. The maximum Gasteiger partial charge on any atom is 0.159 e. The molecule has 14 heavy (non-hydrogen) atoms. The minimum Gasteiger partial charge on any atom is -0.396 e. The summed E-state index contributed by atoms with van der Waals surface area (Å²) in [6.07, 6.45) is 3.53. The molecule has 1 atom stereocenters. The van der Waals surface area contributed by atoms with E-state index >= 15 is 0 Å². The fourth-order valence-corrected chi connectivity index (χ4v) is 2.14. The lowest BCUT2D eigenvalue weighted by molar-refractivity contribution is -0.0662. The molecule has 1 fully saturated rings. The first-order valence-electron chi connectivity index (χ1n) is 5.24. The van der Waals surface area contributed by atoms with Crippen molar-refractivity contribution in [2.75, 3.05) is 13.2 Å². The average Bonchev–Trinajstić information content (AvgIpc) is 2.43. The molecular weight excluding hydrogens is 178 g/mol. The molecule has 0 bridgehead atoms. The van der Waals surface area contributed by atoms with Crippen LogP contribution in [0.2, 0.25) is 0 Å². The number of aliphatic hydroxyl groups excluding tert-OH is 1. The van der Waals surface area contributed by atoms with Gasteiger partial charge in [0.25, 0.3) is 0 Å². The van der Waals surface area contributed by atoms with E-state index in [4.69, 9.17) is 9.84 Å². The van der Waals surface area contributed by atoms with Crippen molar-refractivity contribution >= 4 is 0 Å². The SMILES string of the molecule is CC1(C)CCCC1(C#N)OCCCO. The Labute approximate surface area is 85.7 Å². The third-order valence-electron chi connectivity index (χ3n) is 3.26. The van der Waals surface area contributed by atoms with Gasteiger partial charge in [0.15, 0.2) is 5.60 Å². The van der Waals surface area contributed by atoms with E-state index in [1.165, 1.54) is 0 Å². The van der Waals surface area contributed by atoms with Gasteiger partial charge in [0.2, 0.25) is 0 Å². The van der Waals surface area contributed by atoms with E-state index in [1.54, 1.807) is 0 Å². The summed E-state index contributed by atoms with van der Waals surface area (Å²) in [4.78, 5) is 0. The Balaban J connectivity index is 2.63. The zero-order valence-electron chi connectivity index (χ0n) is 9.05. The highest BCUT2D eigenvalue weighted by molar-refractivity contribution is 5.14. The number of rotatable bonds is 4. The molecule has 1 unspecified atom stereocenters. The predicted molar refractivity (Wildman–Crippen MR) is 53.6 cm³/mol. The molecule has 1 aliphatic rings. The van der Waals surface area contributed by atoms with Gasteiger partial charge in [0.1, 0.15) is 0 Å². The molecule has 0 aromatic rings. The van der Waals surface area contributed by atoms with Gasteiger partial charge in [-0.25, -0.2) is 0 Å². The first-order valence-corrected chi connectivity index (χ1v) is 5.24. The molecule has 0 aromatic carbocycles. The van der Waals surface area contributed by atoms with Gasteiger partial charge in [0.05, 0.1) is 12.7 Å². The average molecular weight is 197 g/mol. The number of aliphatic hydroxyl groups is 1. The molecule has 0 radical (unpaired) electrons. The lowest BCUT2D eigenvalue weighted by atomic mass is 9.78. The zero-order chi connectivity index (χ0) is 10.7. The van der Waals surface area contributed by atoms with Crippen molar-refractivity contribution in [2.24, 2.45) is 5.41 Å². The van der Waals surface area contributed by atoms with Gasteiger partial charge in [-0.2, -0.15) is 5.26 Å². The van der Waals surface area contributed by atoms with Crippen molar-refractivity contribution in [1.82, 2.24) is 0 Å². The summed E-state index contributed by atoms with van der Waals surface area (Å²) in [6.45, 7) is 4.78. The molecule has 80 valence electrons. The minimum absolute atomic E-state index is 0.0583. The number of ether oxygens (including phenoxy) is 1. The fourth-order valence-electron chi connectivity index (χ4n) is 2.14. The Morgan fingerprint density at radius 3 is 2.57 bits per heavy atom. The second-order valence-electron chi connectivity index (χ2n) is 4.60. The van der Waals surface area contributed by atoms with Crippen LogP contribution in [0.3, 0.4) is 0 Å². The van der Waals surface area contributed by atoms with Crippen molar-refractivity contribution in [3.05, 3.63) is 0 Å². The van der Waals surface area contributed by atoms with Crippen LogP contribution in [0.25, 0.3) is 0 Å². The first kappa shape index (κ1) is 11.5. The van der Waals surface area contributed by atoms with Crippen LogP contribution in [0.4, 0.5) is 0 Å². The van der Waals surface area contributed by atoms with Crippen LogP contribution < -0.4 is 0 Å². The van der Waals surface area contributed by atoms with Gasteiger partial charge in [-0.05, 0) is 25.7 Å². The smallest absolute Gasteiger partial charge is 0.159 e. The lowest BCUT2D eigenvalue weighted by Gasteiger charge is -2.35. The number of nitriles is 1. The maximum absolute atomic E-state index is 9.21. The monoisotopic (exact) mass is 197 g/mol. The molecule has 0 aliphatic heterocycles. The molecule has 3 nitrogen and oxygen atoms in total. The third-order valence-corrected chi connectivity index (χ3v) is 3.26. The normalized spacial score (nSPS) is 30.1. The largest absolute Gasteiger partial charge is 0.396 e. The predicted octanol–water partition coefficient (Wildman–Crippen LogP) is 1.86. The summed E-state index contributed by atoms with van der Waals surface area (Å²) in [5, 5.41) is 17.9. The first-order chi connectivity index (χ1) is 6.58. The Kier molecular flexibility index (Phi) is 3.52. The Morgan fingerprint density at radius 2 is 2.14 bits per heavy atom. The van der Waals surface area contributed by atoms with E-state index in [9.17, 15) is 5.26 Å². The topological polar surface area (TPSA) is 53.2 Å². The van der Waals surface area contributed by atoms with Crippen LogP contribution in [-0.2, 0) is 4.74 Å². The lowest BCUT2D eigenvalue weighted by Crippen LogP contribution is -2.41. The Morgan fingerprint density at radius 1 is 1.43 bits per heavy atom. The van der Waals surface area contributed by atoms with Crippen molar-refractivity contribution in [2.45, 2.75) is 45.1 Å². The van der Waals surface area contributed by atoms with Crippen LogP contribution >= 0.6 is 0 Å². The number of hydrogen-bond donors (Lipinski definition) is 1. The minimum atomic E-state index is -0.623. The summed E-state index contributed by atoms with van der Waals surface area (Å²) >= 11 is 0. The van der Waals surface area contributed by atoms with Gasteiger partial charge in [-0.1, -0.05) is 13.8 Å². The van der Waals surface area contributed by atoms with Gasteiger partial charge in [-0.15, -0.1) is 0 Å². The van der Waals surface area contributed by atoms with Gasteiger partial charge in [-0.3, -0.25) is 0 Å². The maximum atomic E-state index is 9.21. The molecule has 1 aliphatic carbocycles. The van der Waals surface area contributed by atoms with Gasteiger partial charge in [0, 0.05) is 12.0 Å². The molecule has 0 spiro atoms. The van der Waals surface area contributed by atoms with Crippen LogP contribution in [-0.4, -0.2) is 23.9 Å². The molecule has 0 amide bonds. The highest BCUT2D eigenvalue weighted by Crippen LogP contribution is 2.47. The molecule has 3 heteroatoms. The van der Waals surface area contributed by atoms with Crippen molar-refractivity contribution in [1.29, 1.82) is 5.26 Å². The summed E-state index contributed by atoms with van der Waals surface area (Å²) in [5.74, 6) is 0. The van der Waals surface area contributed by atoms with Crippen LogP contribution in [0.5, 0.6) is 0 Å². The van der Waals surface area contributed by atoms with Crippen LogP contribution in [0.15, 0.2) is 0 Å². The Hall–Kier alpha value is -0.590. The summed E-state index contributed by atoms with van der Waals surface area (Å²) < 4.78 is 5.67. The summed E-state index contributed by atoms with van der Waals surface area (Å²) in [6, 6.07) is 2.32. The van der Waals surface area contributed by atoms with E-state index in [2.05, 4.69) is 19.9 Å². The van der Waals surface area contributed by atoms with Gasteiger partial charge >= 0.3 is 0 Å². The summed E-state index contributed by atoms with van der Waals surface area (Å²) in [5.41, 5.74) is -0.681. The molecule has 1 saturated carbocycles. The second kappa shape index (κ2) is 4.29. The highest BCUT2D eigenvalue weighted by atomic mass is 16.5. The van der Waals surface area contributed by atoms with E-state index < -0.39 is 5.60 Å². The van der Waals surface area contributed by atoms with Crippen molar-refractivity contribution < 1.29 is 9.84 Å². The standard InChI is InChI=1S/C11H19NO2/c1-10(2)5-3-6-11(10,9-12)14-8-4-7-13/h13H,3-8H2,1-2H3. The third kappa shape index (κ3) is 1.92. The molecule has 0 heterocycles. The number of nitrogens with zero attached hydrogens (tertiary/aromatic N) is 1. The molecule has 0 aromatic heterocycles. The van der Waals surface area contributed by atoms with Gasteiger partial charge < -0.3 is 9.84 Å². The van der Waals surface area contributed by atoms with Crippen molar-refractivity contribution in [3.8, 4) is 6.07 Å².